The summed E-state index contributed by atoms with van der Waals surface area (Å²) < 4.78 is 5.86. The zero-order valence-corrected chi connectivity index (χ0v) is 31.7. The molecule has 0 aliphatic heterocycles. The lowest BCUT2D eigenvalue weighted by Gasteiger charge is -2.28. The highest BCUT2D eigenvalue weighted by molar-refractivity contribution is 6.02. The number of rotatable bonds is 13. The quantitative estimate of drug-likeness (QED) is 0.111. The largest absolute Gasteiger partial charge is 0.494 e. The third-order valence-corrected chi connectivity index (χ3v) is 10.0. The molecule has 0 aliphatic rings. The molecule has 1 atom stereocenters. The minimum atomic E-state index is -0.267. The number of hydrogen-bond acceptors (Lipinski definition) is 1. The van der Waals surface area contributed by atoms with Crippen LogP contribution in [0.5, 0.6) is 5.75 Å². The molecule has 0 spiro atoms. The van der Waals surface area contributed by atoms with Crippen LogP contribution in [0.25, 0.3) is 39.1 Å². The summed E-state index contributed by atoms with van der Waals surface area (Å²) >= 11 is 0. The molecule has 6 aromatic rings. The van der Waals surface area contributed by atoms with Gasteiger partial charge >= 0.3 is 0 Å². The van der Waals surface area contributed by atoms with Gasteiger partial charge in [0.25, 0.3) is 0 Å². The molecular formula is C50H56O. The molecule has 6 rings (SSSR count). The van der Waals surface area contributed by atoms with Gasteiger partial charge in [-0.05, 0) is 94.6 Å². The summed E-state index contributed by atoms with van der Waals surface area (Å²) in [5.41, 5.74) is 11.0. The van der Waals surface area contributed by atoms with Crippen molar-refractivity contribution in [3.05, 3.63) is 167 Å². The summed E-state index contributed by atoms with van der Waals surface area (Å²) in [7, 11) is 0. The van der Waals surface area contributed by atoms with E-state index in [1.807, 2.05) is 0 Å². The Morgan fingerprint density at radius 2 is 1.08 bits per heavy atom. The SMILES string of the molecule is CCCCCC.CCCCOc1ccc(-c2ccc(-c3cc(C)c(/C=C\C(C)(c4ccccc4)c4ccc(C)cc4)c4ccccc34)cc2)cc1. The molecule has 0 saturated heterocycles. The molecule has 51 heavy (non-hydrogen) atoms. The molecule has 0 fully saturated rings. The number of fused-ring (bicyclic) bond motifs is 1. The van der Waals surface area contributed by atoms with Crippen LogP contribution in [0.2, 0.25) is 0 Å². The first-order valence-electron chi connectivity index (χ1n) is 19.1. The molecule has 6 aromatic carbocycles. The van der Waals surface area contributed by atoms with Gasteiger partial charge in [-0.3, -0.25) is 0 Å². The highest BCUT2D eigenvalue weighted by atomic mass is 16.5. The summed E-state index contributed by atoms with van der Waals surface area (Å²) in [5, 5.41) is 2.53. The van der Waals surface area contributed by atoms with Gasteiger partial charge in [0.2, 0.25) is 0 Å². The Bertz CT molecular complexity index is 1960. The Balaban J connectivity index is 0.000000774. The van der Waals surface area contributed by atoms with Crippen molar-refractivity contribution in [2.24, 2.45) is 0 Å². The Hall–Kier alpha value is -4.88. The van der Waals surface area contributed by atoms with Crippen molar-refractivity contribution in [2.75, 3.05) is 6.61 Å². The van der Waals surface area contributed by atoms with Crippen molar-refractivity contribution in [3.63, 3.8) is 0 Å². The molecule has 1 unspecified atom stereocenters. The van der Waals surface area contributed by atoms with Gasteiger partial charge in [-0.25, -0.2) is 0 Å². The average Bonchev–Trinajstić information content (AvgIpc) is 3.17. The normalized spacial score (nSPS) is 12.4. The fourth-order valence-electron chi connectivity index (χ4n) is 6.71. The predicted octanol–water partition coefficient (Wildman–Crippen LogP) is 14.6. The van der Waals surface area contributed by atoms with E-state index in [-0.39, 0.29) is 5.41 Å². The third kappa shape index (κ3) is 9.47. The molecule has 0 N–H and O–H groups in total. The van der Waals surface area contributed by atoms with E-state index in [1.54, 1.807) is 0 Å². The maximum absolute atomic E-state index is 5.86. The molecular weight excluding hydrogens is 617 g/mol. The number of allylic oxidation sites excluding steroid dienone is 1. The van der Waals surface area contributed by atoms with Crippen molar-refractivity contribution in [1.29, 1.82) is 0 Å². The van der Waals surface area contributed by atoms with E-state index in [1.165, 1.54) is 86.5 Å². The topological polar surface area (TPSA) is 9.23 Å². The Labute approximate surface area is 308 Å². The van der Waals surface area contributed by atoms with Crippen LogP contribution in [0.4, 0.5) is 0 Å². The van der Waals surface area contributed by atoms with E-state index in [0.717, 1.165) is 25.2 Å². The van der Waals surface area contributed by atoms with Crippen molar-refractivity contribution in [1.82, 2.24) is 0 Å². The van der Waals surface area contributed by atoms with E-state index >= 15 is 0 Å². The van der Waals surface area contributed by atoms with E-state index in [4.69, 9.17) is 4.74 Å². The standard InChI is InChI=1S/C44H42O.C6H14/c1-5-6-30-45-39-26-22-35(23-27-39)34-18-20-36(21-19-34)43-31-33(3)40(41-14-10-11-15-42(41)43)28-29-44(4,37-12-8-7-9-13-37)38-24-16-32(2)17-25-38;1-3-5-6-4-2/h7-29,31H,5-6,30H2,1-4H3;3-6H2,1-2H3/b29-28-;. The molecule has 0 bridgehead atoms. The van der Waals surface area contributed by atoms with Gasteiger partial charge < -0.3 is 4.74 Å². The van der Waals surface area contributed by atoms with E-state index in [2.05, 4.69) is 187 Å². The molecule has 0 amide bonds. The Kier molecular flexibility index (Phi) is 13.5. The first-order chi connectivity index (χ1) is 24.9. The van der Waals surface area contributed by atoms with Crippen LogP contribution in [-0.4, -0.2) is 6.61 Å². The molecule has 262 valence electrons. The highest BCUT2D eigenvalue weighted by Gasteiger charge is 2.26. The Morgan fingerprint density at radius 3 is 1.69 bits per heavy atom. The fraction of sp³-hybridized carbons (Fsp3) is 0.280. The van der Waals surface area contributed by atoms with E-state index in [9.17, 15) is 0 Å². The van der Waals surface area contributed by atoms with Crippen LogP contribution < -0.4 is 4.74 Å². The predicted molar refractivity (Wildman–Crippen MR) is 223 cm³/mol. The van der Waals surface area contributed by atoms with Crippen molar-refractivity contribution in [3.8, 4) is 28.0 Å². The van der Waals surface area contributed by atoms with Gasteiger partial charge in [0.15, 0.2) is 0 Å². The molecule has 1 heteroatoms. The van der Waals surface area contributed by atoms with Gasteiger partial charge in [-0.1, -0.05) is 192 Å². The van der Waals surface area contributed by atoms with Gasteiger partial charge in [0.1, 0.15) is 5.75 Å². The first kappa shape index (κ1) is 37.4. The number of unbranched alkanes of at least 4 members (excludes halogenated alkanes) is 4. The average molecular weight is 673 g/mol. The number of hydrogen-bond donors (Lipinski definition) is 0. The molecule has 1 nitrogen and oxygen atoms in total. The second kappa shape index (κ2) is 18.4. The molecule has 0 aromatic heterocycles. The monoisotopic (exact) mass is 672 g/mol. The molecule has 0 heterocycles. The zero-order valence-electron chi connectivity index (χ0n) is 31.7. The smallest absolute Gasteiger partial charge is 0.119 e. The minimum absolute atomic E-state index is 0.267. The lowest BCUT2D eigenvalue weighted by atomic mass is 9.75. The van der Waals surface area contributed by atoms with Gasteiger partial charge in [-0.2, -0.15) is 0 Å². The van der Waals surface area contributed by atoms with E-state index in [0.29, 0.717) is 0 Å². The van der Waals surface area contributed by atoms with Gasteiger partial charge in [0, 0.05) is 5.41 Å². The highest BCUT2D eigenvalue weighted by Crippen LogP contribution is 2.38. The summed E-state index contributed by atoms with van der Waals surface area (Å²) in [6.45, 7) is 14.1. The van der Waals surface area contributed by atoms with Crippen LogP contribution in [0.3, 0.4) is 0 Å². The van der Waals surface area contributed by atoms with Crippen LogP contribution in [-0.2, 0) is 5.41 Å². The Morgan fingerprint density at radius 1 is 0.549 bits per heavy atom. The summed E-state index contributed by atoms with van der Waals surface area (Å²) in [4.78, 5) is 0. The zero-order chi connectivity index (χ0) is 36.1. The summed E-state index contributed by atoms with van der Waals surface area (Å²) in [6.07, 6.45) is 12.5. The van der Waals surface area contributed by atoms with Gasteiger partial charge in [-0.15, -0.1) is 0 Å². The number of aryl methyl sites for hydroxylation is 2. The number of benzene rings is 6. The molecule has 0 saturated carbocycles. The third-order valence-electron chi connectivity index (χ3n) is 10.0. The molecule has 0 radical (unpaired) electrons. The van der Waals surface area contributed by atoms with Crippen molar-refractivity contribution < 1.29 is 4.74 Å². The maximum Gasteiger partial charge on any atom is 0.119 e. The second-order valence-electron chi connectivity index (χ2n) is 14.0. The maximum atomic E-state index is 5.86. The van der Waals surface area contributed by atoms with Crippen molar-refractivity contribution >= 4 is 16.8 Å². The lowest BCUT2D eigenvalue weighted by Crippen LogP contribution is -2.20. The van der Waals surface area contributed by atoms with E-state index < -0.39 is 0 Å². The van der Waals surface area contributed by atoms with Crippen molar-refractivity contribution in [2.45, 2.75) is 85.5 Å². The summed E-state index contributed by atoms with van der Waals surface area (Å²) in [5.74, 6) is 0.933. The van der Waals surface area contributed by atoms with Crippen LogP contribution in [0.1, 0.15) is 94.0 Å². The minimum Gasteiger partial charge on any atom is -0.494 e. The summed E-state index contributed by atoms with van der Waals surface area (Å²) in [6, 6.07) is 48.3. The van der Waals surface area contributed by atoms with Crippen LogP contribution in [0.15, 0.2) is 140 Å². The second-order valence-corrected chi connectivity index (χ2v) is 14.0. The van der Waals surface area contributed by atoms with Crippen LogP contribution in [0, 0.1) is 13.8 Å². The first-order valence-corrected chi connectivity index (χ1v) is 19.1. The van der Waals surface area contributed by atoms with Gasteiger partial charge in [0.05, 0.1) is 6.61 Å². The lowest BCUT2D eigenvalue weighted by molar-refractivity contribution is 0.309. The number of ether oxygens (including phenoxy) is 1. The van der Waals surface area contributed by atoms with Crippen LogP contribution >= 0.6 is 0 Å². The fourth-order valence-corrected chi connectivity index (χ4v) is 6.71. The molecule has 0 aliphatic carbocycles.